The Balaban J connectivity index is 1.61. The second kappa shape index (κ2) is 11.1. The third kappa shape index (κ3) is 6.40. The number of carbonyl (C=O) groups is 1. The highest BCUT2D eigenvalue weighted by molar-refractivity contribution is 7.99. The first-order valence-corrected chi connectivity index (χ1v) is 10.9. The lowest BCUT2D eigenvalue weighted by Crippen LogP contribution is -2.15. The van der Waals surface area contributed by atoms with Crippen molar-refractivity contribution in [2.75, 3.05) is 18.2 Å². The summed E-state index contributed by atoms with van der Waals surface area (Å²) in [7, 11) is 1.59. The normalized spacial score (nSPS) is 10.5. The number of methoxy groups -OCH3 is 1. The van der Waals surface area contributed by atoms with E-state index in [1.54, 1.807) is 55.7 Å². The lowest BCUT2D eigenvalue weighted by Gasteiger charge is -2.10. The maximum absolute atomic E-state index is 12.3. The molecule has 10 heteroatoms. The molecule has 1 amide bonds. The number of rotatable bonds is 10. The van der Waals surface area contributed by atoms with Crippen LogP contribution < -0.4 is 14.8 Å². The average Bonchev–Trinajstić information content (AvgIpc) is 3.15. The summed E-state index contributed by atoms with van der Waals surface area (Å²) in [4.78, 5) is 12.3. The lowest BCUT2D eigenvalue weighted by molar-refractivity contribution is -0.113. The van der Waals surface area contributed by atoms with Gasteiger partial charge < -0.3 is 14.8 Å². The first kappa shape index (κ1) is 23.0. The number of anilines is 1. The first-order chi connectivity index (χ1) is 15.0. The highest BCUT2D eigenvalue weighted by atomic mass is 35.5. The molecule has 3 rings (SSSR count). The number of thioether (sulfide) groups is 1. The quantitative estimate of drug-likeness (QED) is 0.323. The van der Waals surface area contributed by atoms with Crippen LogP contribution in [0.1, 0.15) is 5.82 Å². The van der Waals surface area contributed by atoms with Crippen molar-refractivity contribution in [2.24, 2.45) is 0 Å². The van der Waals surface area contributed by atoms with Gasteiger partial charge in [-0.25, -0.2) is 0 Å². The van der Waals surface area contributed by atoms with Crippen LogP contribution in [-0.2, 0) is 17.9 Å². The predicted octanol–water partition coefficient (Wildman–Crippen LogP) is 5.09. The van der Waals surface area contributed by atoms with E-state index in [4.69, 9.17) is 32.7 Å². The standard InChI is InChI=1S/C21H20Cl2N4O3S/c1-3-10-27-19(12-30-18-11-14(22)4-9-17(18)23)25-26-21(27)31-13-20(28)24-15-5-7-16(29-2)8-6-15/h3-9,11H,1,10,12-13H2,2H3,(H,24,28). The van der Waals surface area contributed by atoms with Crippen LogP contribution in [0.25, 0.3) is 0 Å². The zero-order valence-corrected chi connectivity index (χ0v) is 19.0. The molecule has 0 saturated heterocycles. The van der Waals surface area contributed by atoms with Crippen LogP contribution in [0.5, 0.6) is 11.5 Å². The van der Waals surface area contributed by atoms with Crippen LogP contribution in [0.15, 0.2) is 60.3 Å². The number of nitrogens with zero attached hydrogens (tertiary/aromatic N) is 3. The minimum absolute atomic E-state index is 0.138. The highest BCUT2D eigenvalue weighted by Gasteiger charge is 2.15. The molecule has 0 unspecified atom stereocenters. The molecule has 162 valence electrons. The third-order valence-electron chi connectivity index (χ3n) is 4.06. The fraction of sp³-hybridized carbons (Fsp3) is 0.190. The van der Waals surface area contributed by atoms with Crippen molar-refractivity contribution < 1.29 is 14.3 Å². The van der Waals surface area contributed by atoms with Crippen LogP contribution in [-0.4, -0.2) is 33.5 Å². The molecule has 0 aliphatic heterocycles. The van der Waals surface area contributed by atoms with Gasteiger partial charge in [-0.15, -0.1) is 16.8 Å². The first-order valence-electron chi connectivity index (χ1n) is 9.17. The van der Waals surface area contributed by atoms with E-state index < -0.39 is 0 Å². The summed E-state index contributed by atoms with van der Waals surface area (Å²) >= 11 is 13.4. The molecule has 1 aromatic heterocycles. The van der Waals surface area contributed by atoms with Gasteiger partial charge in [-0.1, -0.05) is 41.0 Å². The summed E-state index contributed by atoms with van der Waals surface area (Å²) in [5, 5.41) is 12.7. The second-order valence-electron chi connectivity index (χ2n) is 6.23. The molecule has 0 atom stereocenters. The Labute approximate surface area is 194 Å². The third-order valence-corrected chi connectivity index (χ3v) is 5.58. The van der Waals surface area contributed by atoms with Gasteiger partial charge in [0.1, 0.15) is 18.1 Å². The van der Waals surface area contributed by atoms with E-state index in [0.29, 0.717) is 39.0 Å². The molecule has 0 aliphatic rings. The second-order valence-corrected chi connectivity index (χ2v) is 8.01. The Hall–Kier alpha value is -2.68. The molecular formula is C21H20Cl2N4O3S. The van der Waals surface area contributed by atoms with Gasteiger partial charge in [0, 0.05) is 23.3 Å². The lowest BCUT2D eigenvalue weighted by atomic mass is 10.3. The number of benzene rings is 2. The van der Waals surface area contributed by atoms with E-state index in [2.05, 4.69) is 22.1 Å². The van der Waals surface area contributed by atoms with Gasteiger partial charge in [-0.3, -0.25) is 9.36 Å². The SMILES string of the molecule is C=CCn1c(COc2cc(Cl)ccc2Cl)nnc1SCC(=O)Nc1ccc(OC)cc1. The molecule has 7 nitrogen and oxygen atoms in total. The van der Waals surface area contributed by atoms with E-state index in [9.17, 15) is 4.79 Å². The van der Waals surface area contributed by atoms with Crippen molar-refractivity contribution in [3.05, 3.63) is 71.0 Å². The number of hydrogen-bond donors (Lipinski definition) is 1. The monoisotopic (exact) mass is 478 g/mol. The molecule has 2 aromatic carbocycles. The molecule has 1 heterocycles. The number of halogens is 2. The molecule has 0 fully saturated rings. The summed E-state index contributed by atoms with van der Waals surface area (Å²) in [6, 6.07) is 12.1. The molecule has 0 saturated carbocycles. The van der Waals surface area contributed by atoms with Gasteiger partial charge in [0.2, 0.25) is 5.91 Å². The zero-order valence-electron chi connectivity index (χ0n) is 16.7. The van der Waals surface area contributed by atoms with Gasteiger partial charge in [-0.05, 0) is 36.4 Å². The van der Waals surface area contributed by atoms with Crippen molar-refractivity contribution in [1.29, 1.82) is 0 Å². The van der Waals surface area contributed by atoms with E-state index in [0.717, 1.165) is 5.75 Å². The van der Waals surface area contributed by atoms with Crippen LogP contribution in [0.2, 0.25) is 10.0 Å². The van der Waals surface area contributed by atoms with Crippen molar-refractivity contribution in [2.45, 2.75) is 18.3 Å². The van der Waals surface area contributed by atoms with Crippen molar-refractivity contribution in [1.82, 2.24) is 14.8 Å². The molecule has 0 spiro atoms. The van der Waals surface area contributed by atoms with Gasteiger partial charge >= 0.3 is 0 Å². The largest absolute Gasteiger partial charge is 0.497 e. The van der Waals surface area contributed by atoms with Crippen LogP contribution in [0.3, 0.4) is 0 Å². The van der Waals surface area contributed by atoms with Crippen LogP contribution in [0, 0.1) is 0 Å². The Morgan fingerprint density at radius 3 is 2.71 bits per heavy atom. The minimum atomic E-state index is -0.160. The maximum Gasteiger partial charge on any atom is 0.234 e. The Kier molecular flexibility index (Phi) is 8.22. The summed E-state index contributed by atoms with van der Waals surface area (Å²) in [6.45, 7) is 4.38. The van der Waals surface area contributed by atoms with E-state index >= 15 is 0 Å². The number of aromatic nitrogens is 3. The van der Waals surface area contributed by atoms with E-state index in [-0.39, 0.29) is 18.3 Å². The molecule has 31 heavy (non-hydrogen) atoms. The van der Waals surface area contributed by atoms with Crippen LogP contribution >= 0.6 is 35.0 Å². The number of ether oxygens (including phenoxy) is 2. The number of hydrogen-bond acceptors (Lipinski definition) is 6. The van der Waals surface area contributed by atoms with E-state index in [1.165, 1.54) is 11.8 Å². The number of allylic oxidation sites excluding steroid dienone is 1. The Morgan fingerprint density at radius 1 is 1.23 bits per heavy atom. The number of amides is 1. The number of carbonyl (C=O) groups excluding carboxylic acids is 1. The molecule has 0 radical (unpaired) electrons. The molecule has 0 aliphatic carbocycles. The fourth-order valence-corrected chi connectivity index (χ4v) is 3.68. The van der Waals surface area contributed by atoms with E-state index in [1.807, 2.05) is 4.57 Å². The number of nitrogens with one attached hydrogen (secondary N) is 1. The van der Waals surface area contributed by atoms with Crippen LogP contribution in [0.4, 0.5) is 5.69 Å². The smallest absolute Gasteiger partial charge is 0.234 e. The Bertz CT molecular complexity index is 1060. The van der Waals surface area contributed by atoms with Crippen molar-refractivity contribution in [3.8, 4) is 11.5 Å². The van der Waals surface area contributed by atoms with Crippen molar-refractivity contribution in [3.63, 3.8) is 0 Å². The summed E-state index contributed by atoms with van der Waals surface area (Å²) in [5.74, 6) is 1.76. The molecular weight excluding hydrogens is 459 g/mol. The predicted molar refractivity (Wildman–Crippen MR) is 123 cm³/mol. The molecule has 0 bridgehead atoms. The fourth-order valence-electron chi connectivity index (χ4n) is 2.58. The topological polar surface area (TPSA) is 78.3 Å². The molecule has 1 N–H and O–H groups in total. The Morgan fingerprint density at radius 2 is 2.00 bits per heavy atom. The zero-order chi connectivity index (χ0) is 22.2. The van der Waals surface area contributed by atoms with Gasteiger partial charge in [0.25, 0.3) is 0 Å². The highest BCUT2D eigenvalue weighted by Crippen LogP contribution is 2.28. The maximum atomic E-state index is 12.3. The van der Waals surface area contributed by atoms with Crippen molar-refractivity contribution >= 4 is 46.6 Å². The average molecular weight is 479 g/mol. The van der Waals surface area contributed by atoms with Gasteiger partial charge in [0.15, 0.2) is 11.0 Å². The van der Waals surface area contributed by atoms with Gasteiger partial charge in [-0.2, -0.15) is 0 Å². The summed E-state index contributed by atoms with van der Waals surface area (Å²) in [5.41, 5.74) is 0.687. The summed E-state index contributed by atoms with van der Waals surface area (Å²) < 4.78 is 12.7. The molecule has 3 aromatic rings. The van der Waals surface area contributed by atoms with Gasteiger partial charge in [0.05, 0.1) is 17.9 Å². The minimum Gasteiger partial charge on any atom is -0.497 e. The summed E-state index contributed by atoms with van der Waals surface area (Å²) in [6.07, 6.45) is 1.72.